The Morgan fingerprint density at radius 2 is 1.61 bits per heavy atom. The van der Waals surface area contributed by atoms with Crippen molar-refractivity contribution in [2.45, 2.75) is 19.8 Å². The van der Waals surface area contributed by atoms with Crippen molar-refractivity contribution in [1.82, 2.24) is 0 Å². The second-order valence-electron chi connectivity index (χ2n) is 7.92. The number of nitrogens with zero attached hydrogens (tertiary/aromatic N) is 1. The topological polar surface area (TPSA) is 58.6 Å². The number of imide groups is 1. The van der Waals surface area contributed by atoms with Gasteiger partial charge in [0.2, 0.25) is 0 Å². The number of amides is 2. The lowest BCUT2D eigenvalue weighted by Crippen LogP contribution is -2.32. The molecule has 0 radical (unpaired) electrons. The first-order valence-corrected chi connectivity index (χ1v) is 10.8. The number of benzene rings is 3. The Morgan fingerprint density at radius 3 is 2.18 bits per heavy atom. The van der Waals surface area contributed by atoms with Gasteiger partial charge in [0.15, 0.2) is 0 Å². The molecular weight excluding hydrogens is 443 g/mol. The smallest absolute Gasteiger partial charge is 0.282 e. The van der Waals surface area contributed by atoms with E-state index in [9.17, 15) is 14.0 Å². The number of anilines is 2. The van der Waals surface area contributed by atoms with E-state index in [1.807, 2.05) is 24.3 Å². The van der Waals surface area contributed by atoms with Crippen LogP contribution in [0.25, 0.3) is 5.57 Å². The average molecular weight is 465 g/mol. The summed E-state index contributed by atoms with van der Waals surface area (Å²) in [4.78, 5) is 27.9. The largest absolute Gasteiger partial charge is 0.495 e. The second kappa shape index (κ2) is 9.08. The van der Waals surface area contributed by atoms with E-state index in [1.54, 1.807) is 12.1 Å². The molecule has 0 atom stereocenters. The van der Waals surface area contributed by atoms with Gasteiger partial charge in [0.1, 0.15) is 17.3 Å². The van der Waals surface area contributed by atoms with Gasteiger partial charge in [-0.15, -0.1) is 0 Å². The molecular formula is C26H22ClFN2O3. The summed E-state index contributed by atoms with van der Waals surface area (Å²) in [7, 11) is 1.48. The highest BCUT2D eigenvalue weighted by atomic mass is 35.5. The molecule has 0 aromatic heterocycles. The minimum absolute atomic E-state index is 0.107. The lowest BCUT2D eigenvalue weighted by molar-refractivity contribution is -0.120. The highest BCUT2D eigenvalue weighted by Gasteiger charge is 2.40. The van der Waals surface area contributed by atoms with Crippen LogP contribution in [0.1, 0.15) is 30.9 Å². The summed E-state index contributed by atoms with van der Waals surface area (Å²) in [6, 6.07) is 17.8. The molecule has 0 fully saturated rings. The predicted molar refractivity (Wildman–Crippen MR) is 128 cm³/mol. The van der Waals surface area contributed by atoms with Crippen LogP contribution in [0.4, 0.5) is 15.8 Å². The zero-order valence-corrected chi connectivity index (χ0v) is 19.1. The minimum atomic E-state index is -0.534. The quantitative estimate of drug-likeness (QED) is 0.454. The van der Waals surface area contributed by atoms with Crippen LogP contribution in [0, 0.1) is 5.82 Å². The summed E-state index contributed by atoms with van der Waals surface area (Å²) >= 11 is 6.24. The van der Waals surface area contributed by atoms with Crippen molar-refractivity contribution < 1.29 is 18.7 Å². The maximum absolute atomic E-state index is 13.5. The molecule has 33 heavy (non-hydrogen) atoms. The Morgan fingerprint density at radius 1 is 0.939 bits per heavy atom. The van der Waals surface area contributed by atoms with Crippen LogP contribution >= 0.6 is 11.6 Å². The summed E-state index contributed by atoms with van der Waals surface area (Å²) < 4.78 is 18.7. The van der Waals surface area contributed by atoms with Gasteiger partial charge in [-0.3, -0.25) is 9.59 Å². The number of methoxy groups -OCH3 is 1. The molecule has 5 nitrogen and oxygen atoms in total. The van der Waals surface area contributed by atoms with Crippen molar-refractivity contribution in [2.24, 2.45) is 0 Å². The van der Waals surface area contributed by atoms with Gasteiger partial charge in [-0.25, -0.2) is 9.29 Å². The lowest BCUT2D eigenvalue weighted by Gasteiger charge is -2.16. The molecule has 168 valence electrons. The Kier molecular flexibility index (Phi) is 6.20. The van der Waals surface area contributed by atoms with E-state index in [2.05, 4.69) is 19.2 Å². The molecule has 1 heterocycles. The maximum atomic E-state index is 13.5. The molecule has 0 bridgehead atoms. The lowest BCUT2D eigenvalue weighted by atomic mass is 10.0. The minimum Gasteiger partial charge on any atom is -0.495 e. The molecule has 0 spiro atoms. The zero-order chi connectivity index (χ0) is 23.7. The monoisotopic (exact) mass is 464 g/mol. The molecule has 0 saturated carbocycles. The van der Waals surface area contributed by atoms with Gasteiger partial charge in [-0.1, -0.05) is 49.7 Å². The third kappa shape index (κ3) is 4.34. The number of rotatable bonds is 6. The van der Waals surface area contributed by atoms with Gasteiger partial charge in [0.05, 0.1) is 23.4 Å². The normalized spacial score (nSPS) is 13.8. The summed E-state index contributed by atoms with van der Waals surface area (Å²) in [6.45, 7) is 4.18. The molecule has 1 aliphatic heterocycles. The highest BCUT2D eigenvalue weighted by molar-refractivity contribution is 6.46. The van der Waals surface area contributed by atoms with Gasteiger partial charge < -0.3 is 10.1 Å². The molecule has 3 aromatic rings. The summed E-state index contributed by atoms with van der Waals surface area (Å²) in [5.74, 6) is -0.718. The summed E-state index contributed by atoms with van der Waals surface area (Å²) in [6.07, 6.45) is 0. The number of hydrogen-bond donors (Lipinski definition) is 1. The van der Waals surface area contributed by atoms with Gasteiger partial charge in [0, 0.05) is 5.69 Å². The molecule has 1 aliphatic rings. The van der Waals surface area contributed by atoms with Crippen molar-refractivity contribution >= 4 is 40.4 Å². The van der Waals surface area contributed by atoms with E-state index in [0.717, 1.165) is 10.5 Å². The van der Waals surface area contributed by atoms with Crippen LogP contribution in [-0.2, 0) is 9.59 Å². The first kappa shape index (κ1) is 22.6. The molecule has 0 saturated heterocycles. The standard InChI is InChI=1S/C26H22ClFN2O3/c1-15(2)16-6-10-19(11-7-16)29-24-23(17-4-8-18(28)9-5-17)25(31)30(26(24)32)20-12-13-22(33-3)21(27)14-20/h4-15,29H,1-3H3. The third-order valence-electron chi connectivity index (χ3n) is 5.46. The number of halogens is 2. The summed E-state index contributed by atoms with van der Waals surface area (Å²) in [5.41, 5.74) is 2.80. The maximum Gasteiger partial charge on any atom is 0.282 e. The van der Waals surface area contributed by atoms with E-state index >= 15 is 0 Å². The van der Waals surface area contributed by atoms with Crippen molar-refractivity contribution in [3.05, 3.63) is 94.4 Å². The SMILES string of the molecule is COc1ccc(N2C(=O)C(Nc3ccc(C(C)C)cc3)=C(c3ccc(F)cc3)C2=O)cc1Cl. The molecule has 0 aliphatic carbocycles. The van der Waals surface area contributed by atoms with Gasteiger partial charge >= 0.3 is 0 Å². The van der Waals surface area contributed by atoms with Crippen molar-refractivity contribution in [3.8, 4) is 5.75 Å². The van der Waals surface area contributed by atoms with Gasteiger partial charge in [-0.05, 0) is 59.5 Å². The van der Waals surface area contributed by atoms with Crippen molar-refractivity contribution in [2.75, 3.05) is 17.3 Å². The van der Waals surface area contributed by atoms with Crippen LogP contribution in [0.3, 0.4) is 0 Å². The van der Waals surface area contributed by atoms with Crippen LogP contribution in [0.15, 0.2) is 72.4 Å². The number of carbonyl (C=O) groups is 2. The van der Waals surface area contributed by atoms with Crippen LogP contribution in [-0.4, -0.2) is 18.9 Å². The van der Waals surface area contributed by atoms with Crippen LogP contribution in [0.5, 0.6) is 5.75 Å². The van der Waals surface area contributed by atoms with Crippen molar-refractivity contribution in [3.63, 3.8) is 0 Å². The summed E-state index contributed by atoms with van der Waals surface area (Å²) in [5, 5.41) is 3.37. The Hall–Kier alpha value is -3.64. The van der Waals surface area contributed by atoms with E-state index < -0.39 is 17.6 Å². The molecule has 1 N–H and O–H groups in total. The number of carbonyl (C=O) groups excluding carboxylic acids is 2. The molecule has 7 heteroatoms. The predicted octanol–water partition coefficient (Wildman–Crippen LogP) is 6.01. The highest BCUT2D eigenvalue weighted by Crippen LogP contribution is 2.36. The number of ether oxygens (including phenoxy) is 1. The van der Waals surface area contributed by atoms with E-state index in [4.69, 9.17) is 16.3 Å². The van der Waals surface area contributed by atoms with E-state index in [-0.39, 0.29) is 16.3 Å². The molecule has 4 rings (SSSR count). The van der Waals surface area contributed by atoms with E-state index in [1.165, 1.54) is 37.4 Å². The van der Waals surface area contributed by atoms with Crippen LogP contribution in [0.2, 0.25) is 5.02 Å². The van der Waals surface area contributed by atoms with E-state index in [0.29, 0.717) is 28.6 Å². The van der Waals surface area contributed by atoms with Gasteiger partial charge in [-0.2, -0.15) is 0 Å². The first-order chi connectivity index (χ1) is 15.8. The first-order valence-electron chi connectivity index (χ1n) is 10.4. The third-order valence-corrected chi connectivity index (χ3v) is 5.75. The number of hydrogen-bond acceptors (Lipinski definition) is 4. The van der Waals surface area contributed by atoms with Gasteiger partial charge in [0.25, 0.3) is 11.8 Å². The zero-order valence-electron chi connectivity index (χ0n) is 18.4. The van der Waals surface area contributed by atoms with Crippen LogP contribution < -0.4 is 15.0 Å². The fraction of sp³-hybridized carbons (Fsp3) is 0.154. The number of nitrogens with one attached hydrogen (secondary N) is 1. The second-order valence-corrected chi connectivity index (χ2v) is 8.33. The Balaban J connectivity index is 1.77. The molecule has 3 aromatic carbocycles. The fourth-order valence-corrected chi connectivity index (χ4v) is 3.91. The van der Waals surface area contributed by atoms with Crippen molar-refractivity contribution in [1.29, 1.82) is 0 Å². The molecule has 0 unspecified atom stereocenters. The Bertz CT molecular complexity index is 1250. The Labute approximate surface area is 196 Å². The average Bonchev–Trinajstić information content (AvgIpc) is 3.04. The molecule has 2 amide bonds. The fourth-order valence-electron chi connectivity index (χ4n) is 3.65.